The van der Waals surface area contributed by atoms with E-state index in [1.54, 1.807) is 0 Å². The van der Waals surface area contributed by atoms with E-state index >= 15 is 0 Å². The summed E-state index contributed by atoms with van der Waals surface area (Å²) in [5.74, 6) is 0.294. The maximum Gasteiger partial charge on any atom is 0.0813 e. The summed E-state index contributed by atoms with van der Waals surface area (Å²) < 4.78 is 0. The highest BCUT2D eigenvalue weighted by Gasteiger charge is 2.27. The molecule has 76 valence electrons. The maximum absolute atomic E-state index is 10.0. The summed E-state index contributed by atoms with van der Waals surface area (Å²) in [7, 11) is 0. The van der Waals surface area contributed by atoms with Crippen molar-refractivity contribution in [3.8, 4) is 0 Å². The summed E-state index contributed by atoms with van der Waals surface area (Å²) in [5, 5.41) is 12.2. The number of hydrogen-bond donors (Lipinski definition) is 1. The Morgan fingerprint density at radius 2 is 2.50 bits per heavy atom. The number of fused-ring (bicyclic) bond motifs is 1. The third kappa shape index (κ3) is 1.64. The van der Waals surface area contributed by atoms with Crippen LogP contribution < -0.4 is 0 Å². The SMILES string of the molecule is C=C(C)C(O)C1CCCc2sccc21. The van der Waals surface area contributed by atoms with Crippen LogP contribution in [0, 0.1) is 0 Å². The third-order valence-corrected chi connectivity index (χ3v) is 3.98. The van der Waals surface area contributed by atoms with Gasteiger partial charge in [-0.1, -0.05) is 12.2 Å². The highest BCUT2D eigenvalue weighted by molar-refractivity contribution is 7.10. The van der Waals surface area contributed by atoms with Gasteiger partial charge < -0.3 is 5.11 Å². The van der Waals surface area contributed by atoms with Crippen molar-refractivity contribution in [3.63, 3.8) is 0 Å². The lowest BCUT2D eigenvalue weighted by molar-refractivity contribution is 0.169. The number of aryl methyl sites for hydroxylation is 1. The largest absolute Gasteiger partial charge is 0.388 e. The standard InChI is InChI=1S/C12H16OS/c1-8(2)12(13)10-4-3-5-11-9(10)6-7-14-11/h6-7,10,12-13H,1,3-5H2,2H3. The van der Waals surface area contributed by atoms with Crippen molar-refractivity contribution in [2.24, 2.45) is 0 Å². The van der Waals surface area contributed by atoms with Crippen LogP contribution in [0.2, 0.25) is 0 Å². The molecule has 0 saturated heterocycles. The molecule has 14 heavy (non-hydrogen) atoms. The van der Waals surface area contributed by atoms with Crippen LogP contribution in [0.4, 0.5) is 0 Å². The number of aliphatic hydroxyl groups is 1. The van der Waals surface area contributed by atoms with E-state index < -0.39 is 0 Å². The van der Waals surface area contributed by atoms with Gasteiger partial charge in [-0.15, -0.1) is 11.3 Å². The zero-order chi connectivity index (χ0) is 10.1. The van der Waals surface area contributed by atoms with Gasteiger partial charge in [-0.3, -0.25) is 0 Å². The summed E-state index contributed by atoms with van der Waals surface area (Å²) in [6, 6.07) is 2.16. The van der Waals surface area contributed by atoms with E-state index in [1.165, 1.54) is 23.3 Å². The molecule has 2 heteroatoms. The van der Waals surface area contributed by atoms with Crippen molar-refractivity contribution < 1.29 is 5.11 Å². The van der Waals surface area contributed by atoms with Gasteiger partial charge in [-0.2, -0.15) is 0 Å². The van der Waals surface area contributed by atoms with Crippen molar-refractivity contribution >= 4 is 11.3 Å². The Bertz CT molecular complexity index is 340. The molecular weight excluding hydrogens is 192 g/mol. The maximum atomic E-state index is 10.0. The minimum Gasteiger partial charge on any atom is -0.388 e. The lowest BCUT2D eigenvalue weighted by atomic mass is 9.82. The number of hydrogen-bond acceptors (Lipinski definition) is 2. The molecule has 1 aromatic rings. The first-order chi connectivity index (χ1) is 6.70. The van der Waals surface area contributed by atoms with Gasteiger partial charge in [0, 0.05) is 10.8 Å². The first-order valence-corrected chi connectivity index (χ1v) is 5.98. The fraction of sp³-hybridized carbons (Fsp3) is 0.500. The molecule has 0 radical (unpaired) electrons. The van der Waals surface area contributed by atoms with E-state index in [0.29, 0.717) is 5.92 Å². The molecule has 1 heterocycles. The molecule has 0 bridgehead atoms. The number of thiophene rings is 1. The summed E-state index contributed by atoms with van der Waals surface area (Å²) in [4.78, 5) is 1.46. The van der Waals surface area contributed by atoms with E-state index in [2.05, 4.69) is 18.0 Å². The molecule has 2 rings (SSSR count). The molecule has 1 aromatic heterocycles. The molecule has 0 saturated carbocycles. The van der Waals surface area contributed by atoms with Crippen LogP contribution in [0.3, 0.4) is 0 Å². The van der Waals surface area contributed by atoms with Crippen LogP contribution in [-0.2, 0) is 6.42 Å². The van der Waals surface area contributed by atoms with Crippen LogP contribution in [-0.4, -0.2) is 11.2 Å². The van der Waals surface area contributed by atoms with Crippen LogP contribution in [0.1, 0.15) is 36.1 Å². The van der Waals surface area contributed by atoms with E-state index in [9.17, 15) is 5.11 Å². The molecule has 1 aliphatic rings. The summed E-state index contributed by atoms with van der Waals surface area (Å²) in [6.07, 6.45) is 3.12. The van der Waals surface area contributed by atoms with Crippen LogP contribution in [0.15, 0.2) is 23.6 Å². The second kappa shape index (κ2) is 3.87. The molecule has 2 atom stereocenters. The molecule has 1 aliphatic carbocycles. The van der Waals surface area contributed by atoms with E-state index in [-0.39, 0.29) is 6.10 Å². The molecule has 0 spiro atoms. The first kappa shape index (κ1) is 9.94. The lowest BCUT2D eigenvalue weighted by Crippen LogP contribution is -2.22. The molecule has 0 amide bonds. The fourth-order valence-corrected chi connectivity index (χ4v) is 3.19. The van der Waals surface area contributed by atoms with Crippen LogP contribution in [0.25, 0.3) is 0 Å². The van der Waals surface area contributed by atoms with Crippen molar-refractivity contribution in [3.05, 3.63) is 34.0 Å². The molecular formula is C12H16OS. The summed E-state index contributed by atoms with van der Waals surface area (Å²) >= 11 is 1.82. The highest BCUT2D eigenvalue weighted by Crippen LogP contribution is 2.38. The second-order valence-electron chi connectivity index (χ2n) is 4.09. The Kier molecular flexibility index (Phi) is 2.75. The fourth-order valence-electron chi connectivity index (χ4n) is 2.19. The second-order valence-corrected chi connectivity index (χ2v) is 5.09. The quantitative estimate of drug-likeness (QED) is 0.740. The van der Waals surface area contributed by atoms with Crippen molar-refractivity contribution in [2.45, 2.75) is 38.2 Å². The number of aliphatic hydroxyl groups excluding tert-OH is 1. The minimum atomic E-state index is -0.358. The van der Waals surface area contributed by atoms with Gasteiger partial charge in [-0.05, 0) is 43.2 Å². The Labute approximate surface area is 89.1 Å². The molecule has 1 nitrogen and oxygen atoms in total. The van der Waals surface area contributed by atoms with E-state index in [1.807, 2.05) is 18.3 Å². The first-order valence-electron chi connectivity index (χ1n) is 5.10. The Morgan fingerprint density at radius 3 is 3.21 bits per heavy atom. The zero-order valence-electron chi connectivity index (χ0n) is 8.49. The Hall–Kier alpha value is -0.600. The third-order valence-electron chi connectivity index (χ3n) is 2.98. The van der Waals surface area contributed by atoms with Gasteiger partial charge in [0.05, 0.1) is 6.10 Å². The van der Waals surface area contributed by atoms with E-state index in [0.717, 1.165) is 12.0 Å². The molecule has 0 aliphatic heterocycles. The molecule has 1 N–H and O–H groups in total. The van der Waals surface area contributed by atoms with Gasteiger partial charge in [0.1, 0.15) is 0 Å². The van der Waals surface area contributed by atoms with Gasteiger partial charge >= 0.3 is 0 Å². The van der Waals surface area contributed by atoms with Gasteiger partial charge in [0.15, 0.2) is 0 Å². The average molecular weight is 208 g/mol. The zero-order valence-corrected chi connectivity index (χ0v) is 9.31. The Balaban J connectivity index is 2.28. The predicted molar refractivity (Wildman–Crippen MR) is 60.8 cm³/mol. The minimum absolute atomic E-state index is 0.294. The molecule has 0 fully saturated rings. The van der Waals surface area contributed by atoms with Gasteiger partial charge in [0.25, 0.3) is 0 Å². The highest BCUT2D eigenvalue weighted by atomic mass is 32.1. The monoisotopic (exact) mass is 208 g/mol. The predicted octanol–water partition coefficient (Wildman–Crippen LogP) is 3.11. The average Bonchev–Trinajstić information content (AvgIpc) is 2.63. The molecule has 0 aromatic carbocycles. The van der Waals surface area contributed by atoms with Crippen molar-refractivity contribution in [1.82, 2.24) is 0 Å². The van der Waals surface area contributed by atoms with E-state index in [4.69, 9.17) is 0 Å². The topological polar surface area (TPSA) is 20.2 Å². The summed E-state index contributed by atoms with van der Waals surface area (Å²) in [5.41, 5.74) is 2.24. The molecule has 2 unspecified atom stereocenters. The van der Waals surface area contributed by atoms with Crippen molar-refractivity contribution in [1.29, 1.82) is 0 Å². The van der Waals surface area contributed by atoms with Gasteiger partial charge in [0.2, 0.25) is 0 Å². The lowest BCUT2D eigenvalue weighted by Gasteiger charge is -2.27. The van der Waals surface area contributed by atoms with Gasteiger partial charge in [-0.25, -0.2) is 0 Å². The summed E-state index contributed by atoms with van der Waals surface area (Å²) in [6.45, 7) is 5.75. The smallest absolute Gasteiger partial charge is 0.0813 e. The van der Waals surface area contributed by atoms with Crippen molar-refractivity contribution in [2.75, 3.05) is 0 Å². The Morgan fingerprint density at radius 1 is 1.71 bits per heavy atom. The number of rotatable bonds is 2. The van der Waals surface area contributed by atoms with Crippen LogP contribution in [0.5, 0.6) is 0 Å². The van der Waals surface area contributed by atoms with Crippen LogP contribution >= 0.6 is 11.3 Å². The normalized spacial score (nSPS) is 22.9.